The van der Waals surface area contributed by atoms with Crippen LogP contribution in [0, 0.1) is 11.2 Å². The number of rotatable bonds is 2. The van der Waals surface area contributed by atoms with Gasteiger partial charge in [-0.1, -0.05) is 32.9 Å². The lowest BCUT2D eigenvalue weighted by atomic mass is 9.84. The highest BCUT2D eigenvalue weighted by Crippen LogP contribution is 2.20. The highest BCUT2D eigenvalue weighted by atomic mass is 19.1. The van der Waals surface area contributed by atoms with Gasteiger partial charge in [-0.2, -0.15) is 0 Å². The van der Waals surface area contributed by atoms with Crippen LogP contribution in [0.4, 0.5) is 4.39 Å². The molecule has 0 spiro atoms. The molecule has 0 bridgehead atoms. The summed E-state index contributed by atoms with van der Waals surface area (Å²) in [5, 5.41) is 0. The summed E-state index contributed by atoms with van der Waals surface area (Å²) in [6, 6.07) is 6.64. The molecule has 0 fully saturated rings. The maximum atomic E-state index is 12.6. The van der Waals surface area contributed by atoms with Crippen LogP contribution >= 0.6 is 0 Å². The number of nitrogens with two attached hydrogens (primary N) is 1. The standard InChI is InChI=1S/C12H18FN/c1-12(2,3)11(14)8-9-4-6-10(13)7-5-9/h4-7,11H,8,14H2,1-3H3. The summed E-state index contributed by atoms with van der Waals surface area (Å²) in [7, 11) is 0. The van der Waals surface area contributed by atoms with Crippen molar-refractivity contribution in [3.05, 3.63) is 35.6 Å². The lowest BCUT2D eigenvalue weighted by Crippen LogP contribution is -2.36. The van der Waals surface area contributed by atoms with E-state index >= 15 is 0 Å². The first-order valence-electron chi connectivity index (χ1n) is 4.89. The number of halogens is 1. The first-order valence-corrected chi connectivity index (χ1v) is 4.89. The molecule has 0 heterocycles. The number of benzene rings is 1. The monoisotopic (exact) mass is 195 g/mol. The van der Waals surface area contributed by atoms with E-state index in [1.165, 1.54) is 12.1 Å². The summed E-state index contributed by atoms with van der Waals surface area (Å²) in [6.07, 6.45) is 0.795. The quantitative estimate of drug-likeness (QED) is 0.771. The van der Waals surface area contributed by atoms with E-state index in [9.17, 15) is 4.39 Å². The molecular weight excluding hydrogens is 177 g/mol. The Balaban J connectivity index is 2.65. The molecule has 0 saturated heterocycles. The number of hydrogen-bond acceptors (Lipinski definition) is 1. The van der Waals surface area contributed by atoms with Crippen LogP contribution in [-0.4, -0.2) is 6.04 Å². The van der Waals surface area contributed by atoms with Crippen molar-refractivity contribution >= 4 is 0 Å². The van der Waals surface area contributed by atoms with Crippen molar-refractivity contribution in [2.75, 3.05) is 0 Å². The third-order valence-corrected chi connectivity index (χ3v) is 2.48. The van der Waals surface area contributed by atoms with E-state index in [-0.39, 0.29) is 17.3 Å². The molecule has 1 aromatic carbocycles. The minimum absolute atomic E-state index is 0.0917. The third kappa shape index (κ3) is 3.11. The average molecular weight is 195 g/mol. The highest BCUT2D eigenvalue weighted by molar-refractivity contribution is 5.17. The van der Waals surface area contributed by atoms with Gasteiger partial charge in [-0.15, -0.1) is 0 Å². The maximum absolute atomic E-state index is 12.6. The zero-order valence-corrected chi connectivity index (χ0v) is 9.05. The summed E-state index contributed by atoms with van der Waals surface area (Å²) >= 11 is 0. The first kappa shape index (κ1) is 11.2. The predicted molar refractivity (Wildman–Crippen MR) is 57.5 cm³/mol. The van der Waals surface area contributed by atoms with Crippen LogP contribution < -0.4 is 5.73 Å². The lowest BCUT2D eigenvalue weighted by molar-refractivity contribution is 0.318. The van der Waals surface area contributed by atoms with Gasteiger partial charge in [0.1, 0.15) is 5.82 Å². The van der Waals surface area contributed by atoms with Crippen molar-refractivity contribution in [3.63, 3.8) is 0 Å². The van der Waals surface area contributed by atoms with Gasteiger partial charge >= 0.3 is 0 Å². The Labute approximate surface area is 85.1 Å². The van der Waals surface area contributed by atoms with Gasteiger partial charge < -0.3 is 5.73 Å². The molecule has 1 atom stereocenters. The van der Waals surface area contributed by atoms with Gasteiger partial charge in [0, 0.05) is 6.04 Å². The summed E-state index contributed by atoms with van der Waals surface area (Å²) in [5.41, 5.74) is 7.21. The molecule has 2 N–H and O–H groups in total. The van der Waals surface area contributed by atoms with Crippen molar-refractivity contribution in [1.82, 2.24) is 0 Å². The Hall–Kier alpha value is -0.890. The summed E-state index contributed by atoms with van der Waals surface area (Å²) in [4.78, 5) is 0. The minimum Gasteiger partial charge on any atom is -0.327 e. The van der Waals surface area contributed by atoms with Gasteiger partial charge in [0.25, 0.3) is 0 Å². The van der Waals surface area contributed by atoms with E-state index in [2.05, 4.69) is 20.8 Å². The van der Waals surface area contributed by atoms with Gasteiger partial charge in [0.15, 0.2) is 0 Å². The van der Waals surface area contributed by atoms with Gasteiger partial charge in [-0.25, -0.2) is 4.39 Å². The van der Waals surface area contributed by atoms with Gasteiger partial charge in [-0.05, 0) is 29.5 Å². The van der Waals surface area contributed by atoms with Gasteiger partial charge in [0.05, 0.1) is 0 Å². The number of hydrogen-bond donors (Lipinski definition) is 1. The second kappa shape index (κ2) is 4.09. The molecule has 0 radical (unpaired) electrons. The van der Waals surface area contributed by atoms with Crippen LogP contribution in [-0.2, 0) is 6.42 Å². The fourth-order valence-corrected chi connectivity index (χ4v) is 1.18. The molecule has 0 amide bonds. The van der Waals surface area contributed by atoms with E-state index in [0.29, 0.717) is 0 Å². The van der Waals surface area contributed by atoms with Gasteiger partial charge in [0.2, 0.25) is 0 Å². The molecule has 1 rings (SSSR count). The minimum atomic E-state index is -0.196. The van der Waals surface area contributed by atoms with Crippen LogP contribution in [0.15, 0.2) is 24.3 Å². The molecule has 14 heavy (non-hydrogen) atoms. The smallest absolute Gasteiger partial charge is 0.123 e. The summed E-state index contributed by atoms with van der Waals surface area (Å²) in [5.74, 6) is -0.196. The Morgan fingerprint density at radius 1 is 1.21 bits per heavy atom. The maximum Gasteiger partial charge on any atom is 0.123 e. The van der Waals surface area contributed by atoms with Crippen LogP contribution in [0.3, 0.4) is 0 Å². The van der Waals surface area contributed by atoms with Crippen LogP contribution in [0.25, 0.3) is 0 Å². The second-order valence-electron chi connectivity index (χ2n) is 4.80. The Kier molecular flexibility index (Phi) is 3.27. The van der Waals surface area contributed by atoms with Crippen LogP contribution in [0.2, 0.25) is 0 Å². The summed E-state index contributed by atoms with van der Waals surface area (Å²) in [6.45, 7) is 6.34. The van der Waals surface area contributed by atoms with E-state index < -0.39 is 0 Å². The molecular formula is C12H18FN. The molecule has 2 heteroatoms. The summed E-state index contributed by atoms with van der Waals surface area (Å²) < 4.78 is 12.6. The first-order chi connectivity index (χ1) is 6.39. The molecule has 1 nitrogen and oxygen atoms in total. The van der Waals surface area contributed by atoms with Crippen LogP contribution in [0.1, 0.15) is 26.3 Å². The molecule has 1 unspecified atom stereocenters. The van der Waals surface area contributed by atoms with Crippen molar-refractivity contribution < 1.29 is 4.39 Å². The molecule has 0 aromatic heterocycles. The Bertz CT molecular complexity index is 284. The molecule has 1 aromatic rings. The molecule has 0 saturated carbocycles. The molecule has 0 aliphatic heterocycles. The molecule has 78 valence electrons. The van der Waals surface area contributed by atoms with Crippen LogP contribution in [0.5, 0.6) is 0 Å². The van der Waals surface area contributed by atoms with E-state index in [0.717, 1.165) is 12.0 Å². The van der Waals surface area contributed by atoms with Crippen molar-refractivity contribution in [3.8, 4) is 0 Å². The van der Waals surface area contributed by atoms with Crippen molar-refractivity contribution in [1.29, 1.82) is 0 Å². The zero-order chi connectivity index (χ0) is 10.8. The van der Waals surface area contributed by atoms with E-state index in [4.69, 9.17) is 5.73 Å². The van der Waals surface area contributed by atoms with E-state index in [1.54, 1.807) is 12.1 Å². The SMILES string of the molecule is CC(C)(C)C(N)Cc1ccc(F)cc1. The van der Waals surface area contributed by atoms with Crippen molar-refractivity contribution in [2.24, 2.45) is 11.1 Å². The Morgan fingerprint density at radius 2 is 1.71 bits per heavy atom. The van der Waals surface area contributed by atoms with E-state index in [1.807, 2.05) is 0 Å². The normalized spacial score (nSPS) is 14.1. The fourth-order valence-electron chi connectivity index (χ4n) is 1.18. The molecule has 0 aliphatic rings. The fraction of sp³-hybridized carbons (Fsp3) is 0.500. The predicted octanol–water partition coefficient (Wildman–Crippen LogP) is 2.74. The lowest BCUT2D eigenvalue weighted by Gasteiger charge is -2.27. The highest BCUT2D eigenvalue weighted by Gasteiger charge is 2.20. The average Bonchev–Trinajstić information content (AvgIpc) is 2.07. The second-order valence-corrected chi connectivity index (χ2v) is 4.80. The molecule has 0 aliphatic carbocycles. The largest absolute Gasteiger partial charge is 0.327 e. The zero-order valence-electron chi connectivity index (χ0n) is 9.05. The topological polar surface area (TPSA) is 26.0 Å². The third-order valence-electron chi connectivity index (χ3n) is 2.48. The van der Waals surface area contributed by atoms with Crippen molar-refractivity contribution in [2.45, 2.75) is 33.2 Å². The Morgan fingerprint density at radius 3 is 2.14 bits per heavy atom. The van der Waals surface area contributed by atoms with Gasteiger partial charge in [-0.3, -0.25) is 0 Å².